The molecule has 0 saturated heterocycles. The Morgan fingerprint density at radius 3 is 2.64 bits per heavy atom. The summed E-state index contributed by atoms with van der Waals surface area (Å²) >= 11 is 1.29. The van der Waals surface area contributed by atoms with E-state index in [1.54, 1.807) is 6.92 Å². The van der Waals surface area contributed by atoms with Gasteiger partial charge in [-0.25, -0.2) is 18.4 Å². The van der Waals surface area contributed by atoms with Crippen molar-refractivity contribution >= 4 is 34.2 Å². The van der Waals surface area contributed by atoms with Gasteiger partial charge in [0.15, 0.2) is 6.61 Å². The van der Waals surface area contributed by atoms with Gasteiger partial charge in [-0.05, 0) is 43.9 Å². The van der Waals surface area contributed by atoms with Gasteiger partial charge >= 0.3 is 11.9 Å². The first-order valence-electron chi connectivity index (χ1n) is 8.64. The highest BCUT2D eigenvalue weighted by Gasteiger charge is 2.28. The monoisotopic (exact) mass is 409 g/mol. The van der Waals surface area contributed by atoms with Gasteiger partial charge in [-0.3, -0.25) is 4.79 Å². The third-order valence-electron chi connectivity index (χ3n) is 4.14. The van der Waals surface area contributed by atoms with E-state index in [-0.39, 0.29) is 6.61 Å². The molecule has 3 rings (SSSR count). The summed E-state index contributed by atoms with van der Waals surface area (Å²) in [5.41, 5.74) is 0.740. The van der Waals surface area contributed by atoms with E-state index in [4.69, 9.17) is 9.47 Å². The van der Waals surface area contributed by atoms with E-state index >= 15 is 0 Å². The van der Waals surface area contributed by atoms with Gasteiger partial charge in [-0.15, -0.1) is 11.3 Å². The SMILES string of the molecule is CCOC(=O)c1c(NC(=O)COC(=O)c2ccc(F)cc2F)sc2c1CCC2. The summed E-state index contributed by atoms with van der Waals surface area (Å²) in [6.45, 7) is 1.22. The first kappa shape index (κ1) is 19.9. The zero-order valence-electron chi connectivity index (χ0n) is 15.0. The van der Waals surface area contributed by atoms with Crippen molar-refractivity contribution in [2.75, 3.05) is 18.5 Å². The van der Waals surface area contributed by atoms with Crippen LogP contribution in [0.2, 0.25) is 0 Å². The van der Waals surface area contributed by atoms with Crippen molar-refractivity contribution in [3.63, 3.8) is 0 Å². The number of aryl methyl sites for hydroxylation is 1. The molecule has 0 bridgehead atoms. The molecule has 2 aromatic rings. The highest BCUT2D eigenvalue weighted by Crippen LogP contribution is 2.39. The molecular weight excluding hydrogens is 392 g/mol. The fourth-order valence-corrected chi connectivity index (χ4v) is 4.23. The van der Waals surface area contributed by atoms with E-state index < -0.39 is 41.7 Å². The summed E-state index contributed by atoms with van der Waals surface area (Å²) < 4.78 is 36.3. The minimum absolute atomic E-state index is 0.206. The van der Waals surface area contributed by atoms with Crippen LogP contribution in [0.4, 0.5) is 13.8 Å². The molecule has 9 heteroatoms. The Balaban J connectivity index is 1.67. The fraction of sp³-hybridized carbons (Fsp3) is 0.316. The average molecular weight is 409 g/mol. The molecule has 1 amide bonds. The molecule has 6 nitrogen and oxygen atoms in total. The Morgan fingerprint density at radius 1 is 1.14 bits per heavy atom. The number of fused-ring (bicyclic) bond motifs is 1. The van der Waals surface area contributed by atoms with Gasteiger partial charge in [0.25, 0.3) is 5.91 Å². The molecule has 1 aromatic carbocycles. The number of hydrogen-bond donors (Lipinski definition) is 1. The minimum atomic E-state index is -1.09. The lowest BCUT2D eigenvalue weighted by molar-refractivity contribution is -0.119. The van der Waals surface area contributed by atoms with Gasteiger partial charge in [0.2, 0.25) is 0 Å². The number of halogens is 2. The molecule has 1 aliphatic carbocycles. The summed E-state index contributed by atoms with van der Waals surface area (Å²) in [7, 11) is 0. The Labute approximate surface area is 163 Å². The number of nitrogens with one attached hydrogen (secondary N) is 1. The lowest BCUT2D eigenvalue weighted by Crippen LogP contribution is -2.22. The normalized spacial score (nSPS) is 12.4. The number of carbonyl (C=O) groups excluding carboxylic acids is 3. The predicted molar refractivity (Wildman–Crippen MR) is 97.6 cm³/mol. The largest absolute Gasteiger partial charge is 0.462 e. The molecule has 1 aliphatic rings. The first-order valence-corrected chi connectivity index (χ1v) is 9.46. The number of amides is 1. The Bertz CT molecular complexity index is 941. The standard InChI is InChI=1S/C19H17F2NO5S/c1-2-26-19(25)16-12-4-3-5-14(12)28-17(16)22-15(23)9-27-18(24)11-7-6-10(20)8-13(11)21/h6-8H,2-5,9H2,1H3,(H,22,23). The summed E-state index contributed by atoms with van der Waals surface area (Å²) in [5.74, 6) is -4.19. The van der Waals surface area contributed by atoms with Crippen LogP contribution >= 0.6 is 11.3 Å². The van der Waals surface area contributed by atoms with Crippen LogP contribution in [0, 0.1) is 11.6 Å². The van der Waals surface area contributed by atoms with Crippen LogP contribution < -0.4 is 5.32 Å². The summed E-state index contributed by atoms with van der Waals surface area (Å²) in [6.07, 6.45) is 2.48. The zero-order chi connectivity index (χ0) is 20.3. The number of rotatable bonds is 6. The lowest BCUT2D eigenvalue weighted by Gasteiger charge is -2.09. The topological polar surface area (TPSA) is 81.7 Å². The maximum atomic E-state index is 13.6. The van der Waals surface area contributed by atoms with E-state index in [0.717, 1.165) is 41.8 Å². The molecule has 0 aliphatic heterocycles. The molecule has 0 radical (unpaired) electrons. The quantitative estimate of drug-likeness (QED) is 0.739. The maximum absolute atomic E-state index is 13.6. The van der Waals surface area contributed by atoms with Gasteiger partial charge in [0, 0.05) is 10.9 Å². The minimum Gasteiger partial charge on any atom is -0.462 e. The van der Waals surface area contributed by atoms with Crippen molar-refractivity contribution in [3.8, 4) is 0 Å². The second kappa shape index (κ2) is 8.47. The Kier molecular flexibility index (Phi) is 6.03. The molecule has 1 aromatic heterocycles. The number of benzene rings is 1. The van der Waals surface area contributed by atoms with Crippen LogP contribution in [-0.4, -0.2) is 31.1 Å². The van der Waals surface area contributed by atoms with E-state index in [9.17, 15) is 23.2 Å². The van der Waals surface area contributed by atoms with E-state index in [1.165, 1.54) is 11.3 Å². The number of esters is 2. The molecule has 0 unspecified atom stereocenters. The molecule has 0 saturated carbocycles. The van der Waals surface area contributed by atoms with Crippen LogP contribution in [-0.2, 0) is 27.1 Å². The second-order valence-corrected chi connectivity index (χ2v) is 7.14. The Morgan fingerprint density at radius 2 is 1.93 bits per heavy atom. The predicted octanol–water partition coefficient (Wildman–Crippen LogP) is 3.49. The van der Waals surface area contributed by atoms with Crippen LogP contribution in [0.25, 0.3) is 0 Å². The average Bonchev–Trinajstić information content (AvgIpc) is 3.20. The molecule has 0 spiro atoms. The van der Waals surface area contributed by atoms with Gasteiger partial charge in [-0.2, -0.15) is 0 Å². The zero-order valence-corrected chi connectivity index (χ0v) is 15.8. The van der Waals surface area contributed by atoms with Crippen molar-refractivity contribution in [1.29, 1.82) is 0 Å². The highest BCUT2D eigenvalue weighted by molar-refractivity contribution is 7.17. The van der Waals surface area contributed by atoms with E-state index in [2.05, 4.69) is 5.32 Å². The van der Waals surface area contributed by atoms with Crippen molar-refractivity contribution in [1.82, 2.24) is 0 Å². The van der Waals surface area contributed by atoms with Crippen LogP contribution in [0.15, 0.2) is 18.2 Å². The van der Waals surface area contributed by atoms with Crippen LogP contribution in [0.3, 0.4) is 0 Å². The summed E-state index contributed by atoms with van der Waals surface area (Å²) in [5, 5.41) is 2.90. The maximum Gasteiger partial charge on any atom is 0.341 e. The van der Waals surface area contributed by atoms with Crippen LogP contribution in [0.5, 0.6) is 0 Å². The molecule has 0 fully saturated rings. The second-order valence-electron chi connectivity index (χ2n) is 6.03. The van der Waals surface area contributed by atoms with Crippen molar-refractivity contribution < 1.29 is 32.6 Å². The highest BCUT2D eigenvalue weighted by atomic mass is 32.1. The van der Waals surface area contributed by atoms with Gasteiger partial charge in [-0.1, -0.05) is 0 Å². The number of anilines is 1. The van der Waals surface area contributed by atoms with E-state index in [1.807, 2.05) is 0 Å². The molecule has 1 N–H and O–H groups in total. The van der Waals surface area contributed by atoms with Gasteiger partial charge < -0.3 is 14.8 Å². The molecule has 148 valence electrons. The number of ether oxygens (including phenoxy) is 2. The smallest absolute Gasteiger partial charge is 0.341 e. The lowest BCUT2D eigenvalue weighted by atomic mass is 10.1. The van der Waals surface area contributed by atoms with E-state index in [0.29, 0.717) is 16.6 Å². The van der Waals surface area contributed by atoms with Crippen molar-refractivity contribution in [2.45, 2.75) is 26.2 Å². The molecule has 1 heterocycles. The molecule has 0 atom stereocenters. The first-order chi connectivity index (χ1) is 13.4. The van der Waals surface area contributed by atoms with Crippen molar-refractivity contribution in [3.05, 3.63) is 51.4 Å². The van der Waals surface area contributed by atoms with Gasteiger partial charge in [0.1, 0.15) is 16.6 Å². The van der Waals surface area contributed by atoms with Gasteiger partial charge in [0.05, 0.1) is 17.7 Å². The third kappa shape index (κ3) is 4.19. The molecule has 28 heavy (non-hydrogen) atoms. The Hall–Kier alpha value is -2.81. The number of carbonyl (C=O) groups is 3. The molecular formula is C19H17F2NO5S. The summed E-state index contributed by atoms with van der Waals surface area (Å²) in [4.78, 5) is 37.3. The van der Waals surface area contributed by atoms with Crippen LogP contribution in [0.1, 0.15) is 44.5 Å². The number of hydrogen-bond acceptors (Lipinski definition) is 6. The third-order valence-corrected chi connectivity index (χ3v) is 5.35. The fourth-order valence-electron chi connectivity index (χ4n) is 2.94. The summed E-state index contributed by atoms with van der Waals surface area (Å²) in [6, 6.07) is 2.40. The number of thiophene rings is 1. The van der Waals surface area contributed by atoms with Crippen molar-refractivity contribution in [2.24, 2.45) is 0 Å².